The normalized spacial score (nSPS) is 11.6. The summed E-state index contributed by atoms with van der Waals surface area (Å²) in [5, 5.41) is 1.98. The van der Waals surface area contributed by atoms with Crippen LogP contribution in [0.3, 0.4) is 0 Å². The molecule has 0 fully saturated rings. The van der Waals surface area contributed by atoms with Gasteiger partial charge in [-0.2, -0.15) is 0 Å². The van der Waals surface area contributed by atoms with Crippen LogP contribution in [-0.4, -0.2) is 15.0 Å². The highest BCUT2D eigenvalue weighted by Gasteiger charge is 2.39. The molecule has 7 aromatic carbocycles. The Bertz CT molecular complexity index is 2410. The van der Waals surface area contributed by atoms with Crippen LogP contribution >= 0.6 is 0 Å². The van der Waals surface area contributed by atoms with E-state index in [1.165, 1.54) is 0 Å². The molecule has 0 aliphatic carbocycles. The molecule has 0 atom stereocenters. The lowest BCUT2D eigenvalue weighted by atomic mass is 9.65. The zero-order valence-electron chi connectivity index (χ0n) is 27.1. The van der Waals surface area contributed by atoms with E-state index in [2.05, 4.69) is 115 Å². The van der Waals surface area contributed by atoms with Gasteiger partial charge >= 0.3 is 0 Å². The Morgan fingerprint density at radius 1 is 0.360 bits per heavy atom. The Balaban J connectivity index is 1.43. The van der Waals surface area contributed by atoms with Crippen molar-refractivity contribution in [2.45, 2.75) is 5.41 Å². The van der Waals surface area contributed by atoms with Crippen LogP contribution < -0.4 is 0 Å². The van der Waals surface area contributed by atoms with Crippen molar-refractivity contribution >= 4 is 21.9 Å². The molecule has 0 bridgehead atoms. The van der Waals surface area contributed by atoms with Gasteiger partial charge < -0.3 is 4.42 Å². The number of hydrogen-bond donors (Lipinski definition) is 0. The third kappa shape index (κ3) is 4.97. The van der Waals surface area contributed by atoms with E-state index in [1.807, 2.05) is 72.8 Å². The molecule has 2 aromatic heterocycles. The van der Waals surface area contributed by atoms with Crippen LogP contribution in [0.4, 0.5) is 0 Å². The van der Waals surface area contributed by atoms with Crippen molar-refractivity contribution in [3.05, 3.63) is 210 Å². The first kappa shape index (κ1) is 29.5. The van der Waals surface area contributed by atoms with Crippen LogP contribution in [0.5, 0.6) is 0 Å². The van der Waals surface area contributed by atoms with Crippen molar-refractivity contribution in [3.63, 3.8) is 0 Å². The summed E-state index contributed by atoms with van der Waals surface area (Å²) in [6.45, 7) is 0. The predicted octanol–water partition coefficient (Wildman–Crippen LogP) is 11.2. The second-order valence-corrected chi connectivity index (χ2v) is 12.4. The summed E-state index contributed by atoms with van der Waals surface area (Å²) in [6, 6.07) is 65.1. The van der Waals surface area contributed by atoms with Crippen molar-refractivity contribution in [3.8, 4) is 34.2 Å². The van der Waals surface area contributed by atoms with Crippen LogP contribution in [0.25, 0.3) is 56.1 Å². The van der Waals surface area contributed by atoms with Gasteiger partial charge in [0.05, 0.1) is 5.41 Å². The molecule has 0 saturated carbocycles. The highest BCUT2D eigenvalue weighted by molar-refractivity contribution is 6.12. The maximum atomic E-state index is 6.72. The van der Waals surface area contributed by atoms with Gasteiger partial charge in [0.2, 0.25) is 0 Å². The molecule has 0 aliphatic heterocycles. The van der Waals surface area contributed by atoms with E-state index in [0.29, 0.717) is 17.5 Å². The van der Waals surface area contributed by atoms with Gasteiger partial charge in [0, 0.05) is 27.5 Å². The van der Waals surface area contributed by atoms with E-state index in [9.17, 15) is 0 Å². The van der Waals surface area contributed by atoms with E-state index >= 15 is 0 Å². The zero-order chi connectivity index (χ0) is 33.3. The molecule has 9 aromatic rings. The Labute approximate surface area is 290 Å². The molecule has 50 heavy (non-hydrogen) atoms. The van der Waals surface area contributed by atoms with Crippen LogP contribution in [0.15, 0.2) is 192 Å². The van der Waals surface area contributed by atoms with E-state index in [-0.39, 0.29) is 0 Å². The number of nitrogens with zero attached hydrogens (tertiary/aromatic N) is 3. The van der Waals surface area contributed by atoms with E-state index in [0.717, 1.165) is 60.9 Å². The first-order valence-electron chi connectivity index (χ1n) is 16.8. The molecule has 2 heterocycles. The number of rotatable bonds is 7. The fourth-order valence-corrected chi connectivity index (χ4v) is 7.24. The van der Waals surface area contributed by atoms with Crippen LogP contribution in [0.2, 0.25) is 0 Å². The van der Waals surface area contributed by atoms with Crippen molar-refractivity contribution in [1.29, 1.82) is 0 Å². The monoisotopic (exact) mass is 641 g/mol. The van der Waals surface area contributed by atoms with Crippen molar-refractivity contribution in [2.24, 2.45) is 0 Å². The second-order valence-electron chi connectivity index (χ2n) is 12.4. The van der Waals surface area contributed by atoms with Crippen LogP contribution in [-0.2, 0) is 5.41 Å². The average molecular weight is 642 g/mol. The summed E-state index contributed by atoms with van der Waals surface area (Å²) < 4.78 is 6.72. The van der Waals surface area contributed by atoms with Gasteiger partial charge in [-0.3, -0.25) is 0 Å². The minimum atomic E-state index is -0.691. The average Bonchev–Trinajstić information content (AvgIpc) is 3.58. The minimum Gasteiger partial charge on any atom is -0.456 e. The van der Waals surface area contributed by atoms with Crippen molar-refractivity contribution in [1.82, 2.24) is 15.0 Å². The largest absolute Gasteiger partial charge is 0.456 e. The van der Waals surface area contributed by atoms with Gasteiger partial charge in [-0.1, -0.05) is 170 Å². The highest BCUT2D eigenvalue weighted by Crippen LogP contribution is 2.48. The summed E-state index contributed by atoms with van der Waals surface area (Å²) in [5.41, 5.74) is 8.09. The standard InChI is InChI=1S/C46H31N3O/c1-6-18-32(19-7-1)43-47-44(33-20-8-2-9-21-33)49-45(48-43)39-30-37(31-41-42(39)38-28-16-17-29-40(38)50-41)46(34-22-10-3-11-23-34,35-24-12-4-13-25-35)36-26-14-5-15-27-36/h1-31H. The Morgan fingerprint density at radius 2 is 0.780 bits per heavy atom. The Kier molecular flexibility index (Phi) is 7.33. The van der Waals surface area contributed by atoms with E-state index in [4.69, 9.17) is 19.4 Å². The van der Waals surface area contributed by atoms with Crippen LogP contribution in [0, 0.1) is 0 Å². The molecule has 4 heteroatoms. The third-order valence-electron chi connectivity index (χ3n) is 9.47. The lowest BCUT2D eigenvalue weighted by Crippen LogP contribution is -2.31. The number of furan rings is 1. The molecular formula is C46H31N3O. The van der Waals surface area contributed by atoms with Gasteiger partial charge in [-0.15, -0.1) is 0 Å². The summed E-state index contributed by atoms with van der Waals surface area (Å²) in [5.74, 6) is 1.81. The van der Waals surface area contributed by atoms with Gasteiger partial charge in [0.1, 0.15) is 11.2 Å². The van der Waals surface area contributed by atoms with Gasteiger partial charge in [0.25, 0.3) is 0 Å². The summed E-state index contributed by atoms with van der Waals surface area (Å²) in [4.78, 5) is 15.4. The lowest BCUT2D eigenvalue weighted by Gasteiger charge is -2.37. The minimum absolute atomic E-state index is 0.583. The number of fused-ring (bicyclic) bond motifs is 3. The van der Waals surface area contributed by atoms with Crippen molar-refractivity contribution in [2.75, 3.05) is 0 Å². The smallest absolute Gasteiger partial charge is 0.164 e. The molecule has 0 unspecified atom stereocenters. The second kappa shape index (κ2) is 12.4. The number of benzene rings is 7. The molecule has 0 radical (unpaired) electrons. The van der Waals surface area contributed by atoms with Gasteiger partial charge in [-0.05, 0) is 40.5 Å². The predicted molar refractivity (Wildman–Crippen MR) is 202 cm³/mol. The summed E-state index contributed by atoms with van der Waals surface area (Å²) >= 11 is 0. The quantitative estimate of drug-likeness (QED) is 0.163. The number of aromatic nitrogens is 3. The molecule has 0 spiro atoms. The van der Waals surface area contributed by atoms with Gasteiger partial charge in [0.15, 0.2) is 17.5 Å². The van der Waals surface area contributed by atoms with E-state index < -0.39 is 5.41 Å². The molecule has 0 aliphatic rings. The third-order valence-corrected chi connectivity index (χ3v) is 9.47. The maximum absolute atomic E-state index is 6.72. The lowest BCUT2D eigenvalue weighted by molar-refractivity contribution is 0.665. The molecule has 4 nitrogen and oxygen atoms in total. The SMILES string of the molecule is c1ccc(-c2nc(-c3ccccc3)nc(-c3cc(C(c4ccccc4)(c4ccccc4)c4ccccc4)cc4oc5ccccc5c34)n2)cc1. The number of hydrogen-bond acceptors (Lipinski definition) is 4. The van der Waals surface area contributed by atoms with E-state index in [1.54, 1.807) is 0 Å². The Morgan fingerprint density at radius 3 is 1.28 bits per heavy atom. The first-order chi connectivity index (χ1) is 24.8. The van der Waals surface area contributed by atoms with Crippen LogP contribution in [0.1, 0.15) is 22.3 Å². The topological polar surface area (TPSA) is 51.8 Å². The summed E-state index contributed by atoms with van der Waals surface area (Å²) in [6.07, 6.45) is 0. The highest BCUT2D eigenvalue weighted by atomic mass is 16.3. The molecule has 236 valence electrons. The molecule has 0 N–H and O–H groups in total. The molecule has 0 saturated heterocycles. The fourth-order valence-electron chi connectivity index (χ4n) is 7.24. The van der Waals surface area contributed by atoms with Gasteiger partial charge in [-0.25, -0.2) is 15.0 Å². The summed E-state index contributed by atoms with van der Waals surface area (Å²) in [7, 11) is 0. The first-order valence-corrected chi connectivity index (χ1v) is 16.8. The maximum Gasteiger partial charge on any atom is 0.164 e. The zero-order valence-corrected chi connectivity index (χ0v) is 27.1. The molecule has 0 amide bonds. The Hall–Kier alpha value is -6.65. The van der Waals surface area contributed by atoms with Crippen molar-refractivity contribution < 1.29 is 4.42 Å². The molecular weight excluding hydrogens is 611 g/mol. The fraction of sp³-hybridized carbons (Fsp3) is 0.0217. The molecule has 9 rings (SSSR count). The number of para-hydroxylation sites is 1.